The molecule has 74 valence electrons. The van der Waals surface area contributed by atoms with Crippen molar-refractivity contribution in [3.63, 3.8) is 0 Å². The average molecular weight is 200 g/mol. The van der Waals surface area contributed by atoms with Crippen molar-refractivity contribution in [3.8, 4) is 0 Å². The van der Waals surface area contributed by atoms with Crippen LogP contribution in [0.5, 0.6) is 0 Å². The SMILES string of the molecule is CCNCc1sc(C)nc1COC. The molecule has 0 aliphatic carbocycles. The van der Waals surface area contributed by atoms with Crippen LogP contribution in [0.3, 0.4) is 0 Å². The highest BCUT2D eigenvalue weighted by Crippen LogP contribution is 2.18. The molecule has 4 heteroatoms. The molecule has 0 aliphatic heterocycles. The van der Waals surface area contributed by atoms with Gasteiger partial charge >= 0.3 is 0 Å². The number of hydrogen-bond acceptors (Lipinski definition) is 4. The summed E-state index contributed by atoms with van der Waals surface area (Å²) in [6, 6.07) is 0. The number of nitrogens with zero attached hydrogens (tertiary/aromatic N) is 1. The van der Waals surface area contributed by atoms with E-state index in [2.05, 4.69) is 17.2 Å². The van der Waals surface area contributed by atoms with Crippen molar-refractivity contribution >= 4 is 11.3 Å². The van der Waals surface area contributed by atoms with Gasteiger partial charge in [-0.2, -0.15) is 0 Å². The van der Waals surface area contributed by atoms with E-state index in [1.54, 1.807) is 18.4 Å². The predicted octanol–water partition coefficient (Wildman–Crippen LogP) is 1.71. The summed E-state index contributed by atoms with van der Waals surface area (Å²) in [6.07, 6.45) is 0. The van der Waals surface area contributed by atoms with Gasteiger partial charge in [-0.3, -0.25) is 0 Å². The first-order valence-electron chi connectivity index (χ1n) is 4.42. The molecule has 1 N–H and O–H groups in total. The number of rotatable bonds is 5. The average Bonchev–Trinajstić information content (AvgIpc) is 2.44. The molecular weight excluding hydrogens is 184 g/mol. The molecule has 0 saturated heterocycles. The first kappa shape index (κ1) is 10.6. The van der Waals surface area contributed by atoms with Gasteiger partial charge in [0, 0.05) is 18.5 Å². The third kappa shape index (κ3) is 3.06. The number of aromatic nitrogens is 1. The second kappa shape index (κ2) is 5.32. The lowest BCUT2D eigenvalue weighted by atomic mass is 10.3. The molecule has 0 fully saturated rings. The quantitative estimate of drug-likeness (QED) is 0.785. The van der Waals surface area contributed by atoms with Crippen LogP contribution in [-0.2, 0) is 17.9 Å². The van der Waals surface area contributed by atoms with Gasteiger partial charge in [0.25, 0.3) is 0 Å². The summed E-state index contributed by atoms with van der Waals surface area (Å²) in [7, 11) is 1.70. The van der Waals surface area contributed by atoms with Gasteiger partial charge in [0.05, 0.1) is 17.3 Å². The van der Waals surface area contributed by atoms with Crippen molar-refractivity contribution in [2.45, 2.75) is 27.0 Å². The first-order chi connectivity index (χ1) is 6.27. The Kier molecular flexibility index (Phi) is 4.35. The van der Waals surface area contributed by atoms with E-state index in [0.717, 1.165) is 23.8 Å². The van der Waals surface area contributed by atoms with Crippen LogP contribution in [0.4, 0.5) is 0 Å². The Morgan fingerprint density at radius 2 is 2.31 bits per heavy atom. The van der Waals surface area contributed by atoms with E-state index >= 15 is 0 Å². The Labute approximate surface area is 83.1 Å². The molecule has 0 spiro atoms. The zero-order chi connectivity index (χ0) is 9.68. The van der Waals surface area contributed by atoms with Crippen molar-refractivity contribution in [3.05, 3.63) is 15.6 Å². The normalized spacial score (nSPS) is 10.7. The Balaban J connectivity index is 2.66. The molecule has 0 amide bonds. The van der Waals surface area contributed by atoms with Crippen molar-refractivity contribution in [1.29, 1.82) is 0 Å². The number of aryl methyl sites for hydroxylation is 1. The third-order valence-corrected chi connectivity index (χ3v) is 2.71. The topological polar surface area (TPSA) is 34.2 Å². The predicted molar refractivity (Wildman–Crippen MR) is 54.9 cm³/mol. The molecule has 1 rings (SSSR count). The van der Waals surface area contributed by atoms with Crippen LogP contribution in [-0.4, -0.2) is 18.6 Å². The first-order valence-corrected chi connectivity index (χ1v) is 5.24. The van der Waals surface area contributed by atoms with Crippen LogP contribution < -0.4 is 5.32 Å². The summed E-state index contributed by atoms with van der Waals surface area (Å²) in [5.41, 5.74) is 1.07. The molecule has 1 aromatic heterocycles. The minimum Gasteiger partial charge on any atom is -0.378 e. The maximum Gasteiger partial charge on any atom is 0.0901 e. The zero-order valence-corrected chi connectivity index (χ0v) is 9.20. The Morgan fingerprint density at radius 3 is 2.92 bits per heavy atom. The van der Waals surface area contributed by atoms with Gasteiger partial charge in [0.15, 0.2) is 0 Å². The van der Waals surface area contributed by atoms with Gasteiger partial charge in [0.2, 0.25) is 0 Å². The standard InChI is InChI=1S/C9H16N2OS/c1-4-10-5-9-8(6-12-3)11-7(2)13-9/h10H,4-6H2,1-3H3. The van der Waals surface area contributed by atoms with Crippen molar-refractivity contribution < 1.29 is 4.74 Å². The number of hydrogen-bond donors (Lipinski definition) is 1. The lowest BCUT2D eigenvalue weighted by molar-refractivity contribution is 0.181. The van der Waals surface area contributed by atoms with Gasteiger partial charge in [-0.15, -0.1) is 11.3 Å². The van der Waals surface area contributed by atoms with Crippen LogP contribution in [0.2, 0.25) is 0 Å². The minimum atomic E-state index is 0.616. The molecule has 1 heterocycles. The molecule has 0 unspecified atom stereocenters. The van der Waals surface area contributed by atoms with Gasteiger partial charge < -0.3 is 10.1 Å². The Bertz CT molecular complexity index is 260. The van der Waals surface area contributed by atoms with E-state index in [0.29, 0.717) is 6.61 Å². The van der Waals surface area contributed by atoms with Gasteiger partial charge in [-0.1, -0.05) is 6.92 Å². The maximum atomic E-state index is 5.08. The molecule has 0 saturated carbocycles. The zero-order valence-electron chi connectivity index (χ0n) is 8.39. The highest BCUT2D eigenvalue weighted by atomic mass is 32.1. The monoisotopic (exact) mass is 200 g/mol. The molecule has 3 nitrogen and oxygen atoms in total. The molecule has 13 heavy (non-hydrogen) atoms. The second-order valence-electron chi connectivity index (χ2n) is 2.82. The molecule has 0 atom stereocenters. The van der Waals surface area contributed by atoms with E-state index in [9.17, 15) is 0 Å². The molecule has 1 aromatic rings. The fourth-order valence-corrected chi connectivity index (χ4v) is 2.05. The minimum absolute atomic E-state index is 0.616. The highest BCUT2D eigenvalue weighted by molar-refractivity contribution is 7.11. The second-order valence-corrected chi connectivity index (χ2v) is 4.10. The summed E-state index contributed by atoms with van der Waals surface area (Å²) >= 11 is 1.74. The summed E-state index contributed by atoms with van der Waals surface area (Å²) in [6.45, 7) is 6.64. The Hall–Kier alpha value is -0.450. The smallest absolute Gasteiger partial charge is 0.0901 e. The maximum absolute atomic E-state index is 5.08. The van der Waals surface area contributed by atoms with Crippen LogP contribution >= 0.6 is 11.3 Å². The number of methoxy groups -OCH3 is 1. The largest absolute Gasteiger partial charge is 0.378 e. The van der Waals surface area contributed by atoms with Crippen LogP contribution in [0, 0.1) is 6.92 Å². The van der Waals surface area contributed by atoms with Gasteiger partial charge in [-0.25, -0.2) is 4.98 Å². The number of thiazole rings is 1. The molecule has 0 aliphatic rings. The van der Waals surface area contributed by atoms with E-state index < -0.39 is 0 Å². The highest BCUT2D eigenvalue weighted by Gasteiger charge is 2.07. The fraction of sp³-hybridized carbons (Fsp3) is 0.667. The third-order valence-electron chi connectivity index (χ3n) is 1.70. The van der Waals surface area contributed by atoms with Crippen molar-refractivity contribution in [2.75, 3.05) is 13.7 Å². The lowest BCUT2D eigenvalue weighted by Crippen LogP contribution is -2.12. The van der Waals surface area contributed by atoms with Crippen molar-refractivity contribution in [1.82, 2.24) is 10.3 Å². The lowest BCUT2D eigenvalue weighted by Gasteiger charge is -2.00. The fourth-order valence-electron chi connectivity index (χ4n) is 1.14. The summed E-state index contributed by atoms with van der Waals surface area (Å²) in [5.74, 6) is 0. The van der Waals surface area contributed by atoms with E-state index in [4.69, 9.17) is 4.74 Å². The summed E-state index contributed by atoms with van der Waals surface area (Å²) < 4.78 is 5.08. The summed E-state index contributed by atoms with van der Waals surface area (Å²) in [4.78, 5) is 5.70. The molecular formula is C9H16N2OS. The molecule has 0 aromatic carbocycles. The number of ether oxygens (including phenoxy) is 1. The van der Waals surface area contributed by atoms with Crippen LogP contribution in [0.25, 0.3) is 0 Å². The molecule has 0 bridgehead atoms. The van der Waals surface area contributed by atoms with Gasteiger partial charge in [-0.05, 0) is 13.5 Å². The van der Waals surface area contributed by atoms with Crippen LogP contribution in [0.15, 0.2) is 0 Å². The Morgan fingerprint density at radius 1 is 1.54 bits per heavy atom. The van der Waals surface area contributed by atoms with E-state index in [1.165, 1.54) is 4.88 Å². The van der Waals surface area contributed by atoms with E-state index in [-0.39, 0.29) is 0 Å². The van der Waals surface area contributed by atoms with Gasteiger partial charge in [0.1, 0.15) is 0 Å². The van der Waals surface area contributed by atoms with Crippen molar-refractivity contribution in [2.24, 2.45) is 0 Å². The van der Waals surface area contributed by atoms with E-state index in [1.807, 2.05) is 6.92 Å². The number of nitrogens with one attached hydrogen (secondary N) is 1. The molecule has 0 radical (unpaired) electrons. The summed E-state index contributed by atoms with van der Waals surface area (Å²) in [5, 5.41) is 4.40. The van der Waals surface area contributed by atoms with Crippen LogP contribution in [0.1, 0.15) is 22.5 Å².